The van der Waals surface area contributed by atoms with Gasteiger partial charge in [-0.2, -0.15) is 0 Å². The zero-order valence-electron chi connectivity index (χ0n) is 10.9. The van der Waals surface area contributed by atoms with Crippen molar-refractivity contribution in [2.24, 2.45) is 11.7 Å². The highest BCUT2D eigenvalue weighted by molar-refractivity contribution is 5.77. The summed E-state index contributed by atoms with van der Waals surface area (Å²) in [5, 5.41) is 0. The van der Waals surface area contributed by atoms with Gasteiger partial charge in [0.1, 0.15) is 0 Å². The van der Waals surface area contributed by atoms with Crippen molar-refractivity contribution in [2.75, 3.05) is 32.7 Å². The molecular formula is C13H25N3O. The SMILES string of the molecule is CC1CC(CN)CN1C(=O)CCN1CCCC1. The van der Waals surface area contributed by atoms with Gasteiger partial charge in [-0.3, -0.25) is 4.79 Å². The number of carbonyl (C=O) groups excluding carboxylic acids is 1. The number of rotatable bonds is 4. The van der Waals surface area contributed by atoms with Crippen LogP contribution in [0.2, 0.25) is 0 Å². The highest BCUT2D eigenvalue weighted by Crippen LogP contribution is 2.22. The van der Waals surface area contributed by atoms with Gasteiger partial charge in [-0.25, -0.2) is 0 Å². The third kappa shape index (κ3) is 3.19. The van der Waals surface area contributed by atoms with Gasteiger partial charge in [0.25, 0.3) is 0 Å². The average Bonchev–Trinajstić information content (AvgIpc) is 2.94. The van der Waals surface area contributed by atoms with Crippen LogP contribution in [0.15, 0.2) is 0 Å². The molecule has 1 amide bonds. The first-order valence-electron chi connectivity index (χ1n) is 6.92. The summed E-state index contributed by atoms with van der Waals surface area (Å²) in [4.78, 5) is 16.6. The van der Waals surface area contributed by atoms with Crippen molar-refractivity contribution < 1.29 is 4.79 Å². The van der Waals surface area contributed by atoms with Crippen molar-refractivity contribution in [3.8, 4) is 0 Å². The van der Waals surface area contributed by atoms with Crippen molar-refractivity contribution in [2.45, 2.75) is 38.6 Å². The van der Waals surface area contributed by atoms with E-state index in [4.69, 9.17) is 5.73 Å². The van der Waals surface area contributed by atoms with Crippen molar-refractivity contribution in [3.05, 3.63) is 0 Å². The third-order valence-electron chi connectivity index (χ3n) is 4.16. The third-order valence-corrected chi connectivity index (χ3v) is 4.16. The molecular weight excluding hydrogens is 214 g/mol. The summed E-state index contributed by atoms with van der Waals surface area (Å²) in [5.74, 6) is 0.834. The largest absolute Gasteiger partial charge is 0.340 e. The summed E-state index contributed by atoms with van der Waals surface area (Å²) in [6, 6.07) is 0.384. The van der Waals surface area contributed by atoms with Crippen molar-refractivity contribution in [1.82, 2.24) is 9.80 Å². The maximum absolute atomic E-state index is 12.1. The molecule has 2 N–H and O–H groups in total. The van der Waals surface area contributed by atoms with E-state index in [1.165, 1.54) is 25.9 Å². The summed E-state index contributed by atoms with van der Waals surface area (Å²) < 4.78 is 0. The van der Waals surface area contributed by atoms with Gasteiger partial charge in [-0.1, -0.05) is 0 Å². The molecule has 4 heteroatoms. The van der Waals surface area contributed by atoms with E-state index in [0.717, 1.165) is 19.5 Å². The second-order valence-corrected chi connectivity index (χ2v) is 5.53. The van der Waals surface area contributed by atoms with E-state index in [1.54, 1.807) is 0 Å². The Hall–Kier alpha value is -0.610. The van der Waals surface area contributed by atoms with E-state index in [-0.39, 0.29) is 0 Å². The topological polar surface area (TPSA) is 49.6 Å². The van der Waals surface area contributed by atoms with Crippen LogP contribution in [0.3, 0.4) is 0 Å². The van der Waals surface area contributed by atoms with Crippen molar-refractivity contribution in [3.63, 3.8) is 0 Å². The highest BCUT2D eigenvalue weighted by Gasteiger charge is 2.31. The summed E-state index contributed by atoms with van der Waals surface area (Å²) in [6.07, 6.45) is 4.35. The highest BCUT2D eigenvalue weighted by atomic mass is 16.2. The molecule has 0 spiro atoms. The van der Waals surface area contributed by atoms with Crippen LogP contribution >= 0.6 is 0 Å². The summed E-state index contributed by atoms with van der Waals surface area (Å²) in [5.41, 5.74) is 5.69. The van der Waals surface area contributed by atoms with E-state index in [1.807, 2.05) is 4.90 Å². The molecule has 2 atom stereocenters. The molecule has 98 valence electrons. The maximum Gasteiger partial charge on any atom is 0.224 e. The predicted octanol–water partition coefficient (Wildman–Crippen LogP) is 0.668. The van der Waals surface area contributed by atoms with E-state index < -0.39 is 0 Å². The number of hydrogen-bond acceptors (Lipinski definition) is 3. The minimum absolute atomic E-state index is 0.320. The van der Waals surface area contributed by atoms with Crippen LogP contribution in [0.25, 0.3) is 0 Å². The zero-order valence-corrected chi connectivity index (χ0v) is 10.9. The molecule has 17 heavy (non-hydrogen) atoms. The summed E-state index contributed by atoms with van der Waals surface area (Å²) in [6.45, 7) is 7.01. The van der Waals surface area contributed by atoms with Crippen LogP contribution in [0.4, 0.5) is 0 Å². The second-order valence-electron chi connectivity index (χ2n) is 5.53. The van der Waals surface area contributed by atoms with Crippen LogP contribution in [0, 0.1) is 5.92 Å². The van der Waals surface area contributed by atoms with Gasteiger partial charge >= 0.3 is 0 Å². The fourth-order valence-electron chi connectivity index (χ4n) is 3.06. The van der Waals surface area contributed by atoms with E-state index in [9.17, 15) is 4.79 Å². The normalized spacial score (nSPS) is 30.1. The smallest absolute Gasteiger partial charge is 0.224 e. The molecule has 2 unspecified atom stereocenters. The zero-order chi connectivity index (χ0) is 12.3. The summed E-state index contributed by atoms with van der Waals surface area (Å²) in [7, 11) is 0. The Kier molecular flexibility index (Phi) is 4.40. The Morgan fingerprint density at radius 2 is 2.06 bits per heavy atom. The Balaban J connectivity index is 1.75. The van der Waals surface area contributed by atoms with E-state index in [0.29, 0.717) is 30.8 Å². The molecule has 0 aromatic rings. The lowest BCUT2D eigenvalue weighted by Crippen LogP contribution is -2.36. The fourth-order valence-corrected chi connectivity index (χ4v) is 3.06. The Morgan fingerprint density at radius 3 is 2.65 bits per heavy atom. The number of carbonyl (C=O) groups is 1. The molecule has 2 heterocycles. The number of amides is 1. The van der Waals surface area contributed by atoms with Crippen LogP contribution in [0.5, 0.6) is 0 Å². The van der Waals surface area contributed by atoms with Crippen LogP contribution in [-0.4, -0.2) is 54.5 Å². The number of nitrogens with zero attached hydrogens (tertiary/aromatic N) is 2. The Morgan fingerprint density at radius 1 is 1.35 bits per heavy atom. The minimum atomic E-state index is 0.320. The molecule has 0 saturated carbocycles. The molecule has 2 aliphatic heterocycles. The number of hydrogen-bond donors (Lipinski definition) is 1. The standard InChI is InChI=1S/C13H25N3O/c1-11-8-12(9-14)10-16(11)13(17)4-7-15-5-2-3-6-15/h11-12H,2-10,14H2,1H3. The van der Waals surface area contributed by atoms with Crippen LogP contribution < -0.4 is 5.73 Å². The van der Waals surface area contributed by atoms with Crippen molar-refractivity contribution >= 4 is 5.91 Å². The Labute approximate surface area is 104 Å². The monoisotopic (exact) mass is 239 g/mol. The molecule has 0 aromatic heterocycles. The van der Waals surface area contributed by atoms with Gasteiger partial charge in [0.2, 0.25) is 5.91 Å². The molecule has 0 aromatic carbocycles. The number of likely N-dealkylation sites (tertiary alicyclic amines) is 2. The molecule has 0 radical (unpaired) electrons. The van der Waals surface area contributed by atoms with Crippen molar-refractivity contribution in [1.29, 1.82) is 0 Å². The van der Waals surface area contributed by atoms with Crippen LogP contribution in [0.1, 0.15) is 32.6 Å². The molecule has 0 aliphatic carbocycles. The van der Waals surface area contributed by atoms with E-state index >= 15 is 0 Å². The van der Waals surface area contributed by atoms with Gasteiger partial charge in [-0.15, -0.1) is 0 Å². The molecule has 4 nitrogen and oxygen atoms in total. The first-order valence-corrected chi connectivity index (χ1v) is 6.92. The predicted molar refractivity (Wildman–Crippen MR) is 68.6 cm³/mol. The molecule has 2 saturated heterocycles. The molecule has 2 rings (SSSR count). The molecule has 0 bridgehead atoms. The summed E-state index contributed by atoms with van der Waals surface area (Å²) >= 11 is 0. The first kappa shape index (κ1) is 12.8. The fraction of sp³-hybridized carbons (Fsp3) is 0.923. The van der Waals surface area contributed by atoms with E-state index in [2.05, 4.69) is 11.8 Å². The van der Waals surface area contributed by atoms with Gasteiger partial charge in [-0.05, 0) is 51.7 Å². The van der Waals surface area contributed by atoms with Gasteiger partial charge in [0.05, 0.1) is 0 Å². The van der Waals surface area contributed by atoms with Gasteiger partial charge < -0.3 is 15.5 Å². The quantitative estimate of drug-likeness (QED) is 0.784. The lowest BCUT2D eigenvalue weighted by atomic mass is 10.1. The first-order chi connectivity index (χ1) is 8.20. The number of nitrogens with two attached hydrogens (primary N) is 1. The molecule has 2 aliphatic rings. The lowest BCUT2D eigenvalue weighted by Gasteiger charge is -2.23. The lowest BCUT2D eigenvalue weighted by molar-refractivity contribution is -0.132. The average molecular weight is 239 g/mol. The Bertz CT molecular complexity index is 263. The maximum atomic E-state index is 12.1. The van der Waals surface area contributed by atoms with Gasteiger partial charge in [0, 0.05) is 25.6 Å². The second kappa shape index (κ2) is 5.83. The van der Waals surface area contributed by atoms with Crippen LogP contribution in [-0.2, 0) is 4.79 Å². The molecule has 2 fully saturated rings. The van der Waals surface area contributed by atoms with Gasteiger partial charge in [0.15, 0.2) is 0 Å². The minimum Gasteiger partial charge on any atom is -0.340 e.